The molecule has 20 heavy (non-hydrogen) atoms. The van der Waals surface area contributed by atoms with Crippen molar-refractivity contribution in [2.45, 2.75) is 6.54 Å². The molecule has 0 spiro atoms. The first-order valence-electron chi connectivity index (χ1n) is 6.07. The fourth-order valence-electron chi connectivity index (χ4n) is 1.97. The van der Waals surface area contributed by atoms with Crippen LogP contribution in [0.25, 0.3) is 0 Å². The zero-order chi connectivity index (χ0) is 13.9. The van der Waals surface area contributed by atoms with Crippen LogP contribution in [0.2, 0.25) is 5.02 Å². The van der Waals surface area contributed by atoms with Gasteiger partial charge in [-0.1, -0.05) is 11.6 Å². The van der Waals surface area contributed by atoms with Gasteiger partial charge in [0.05, 0.1) is 13.1 Å². The van der Waals surface area contributed by atoms with E-state index in [0.717, 1.165) is 16.9 Å². The predicted molar refractivity (Wildman–Crippen MR) is 75.3 cm³/mol. The summed E-state index contributed by atoms with van der Waals surface area (Å²) in [5, 5.41) is 10.6. The first-order valence-corrected chi connectivity index (χ1v) is 6.45. The van der Waals surface area contributed by atoms with Crippen LogP contribution in [0.15, 0.2) is 42.6 Å². The maximum atomic E-state index is 11.1. The monoisotopic (exact) mass is 289 g/mol. The summed E-state index contributed by atoms with van der Waals surface area (Å²) in [5.41, 5.74) is 2.65. The van der Waals surface area contributed by atoms with Gasteiger partial charge in [-0.05, 0) is 23.8 Å². The van der Waals surface area contributed by atoms with Crippen molar-refractivity contribution in [3.8, 4) is 0 Å². The Balaban J connectivity index is 1.79. The smallest absolute Gasteiger partial charge is 0.246 e. The first kappa shape index (κ1) is 12.7. The molecule has 2 aromatic rings. The third kappa shape index (κ3) is 2.80. The topological polar surface area (TPSA) is 71.8 Å². The van der Waals surface area contributed by atoms with Gasteiger partial charge in [0, 0.05) is 22.5 Å². The minimum absolute atomic E-state index is 0.0793. The highest BCUT2D eigenvalue weighted by Crippen LogP contribution is 2.22. The van der Waals surface area contributed by atoms with E-state index in [1.54, 1.807) is 17.1 Å². The fourth-order valence-corrected chi connectivity index (χ4v) is 2.15. The number of anilines is 1. The van der Waals surface area contributed by atoms with Crippen molar-refractivity contribution < 1.29 is 4.79 Å². The van der Waals surface area contributed by atoms with Gasteiger partial charge in [0.25, 0.3) is 0 Å². The molecule has 0 saturated carbocycles. The van der Waals surface area contributed by atoms with Crippen molar-refractivity contribution in [1.29, 1.82) is 0 Å². The highest BCUT2D eigenvalue weighted by Gasteiger charge is 2.11. The Bertz CT molecular complexity index is 665. The van der Waals surface area contributed by atoms with Crippen LogP contribution < -0.4 is 10.6 Å². The lowest BCUT2D eigenvalue weighted by Crippen LogP contribution is -2.16. The summed E-state index contributed by atoms with van der Waals surface area (Å²) < 4.78 is 1.70. The molecule has 7 heteroatoms. The molecule has 0 bridgehead atoms. The number of aromatic nitrogens is 3. The molecular weight excluding hydrogens is 278 g/mol. The number of carbonyl (C=O) groups is 1. The summed E-state index contributed by atoms with van der Waals surface area (Å²) in [6, 6.07) is 5.63. The molecule has 0 saturated heterocycles. The van der Waals surface area contributed by atoms with Crippen LogP contribution in [0.5, 0.6) is 0 Å². The van der Waals surface area contributed by atoms with E-state index in [1.165, 1.54) is 6.33 Å². The van der Waals surface area contributed by atoms with Crippen molar-refractivity contribution in [3.05, 3.63) is 53.2 Å². The minimum Gasteiger partial charge on any atom is -0.357 e. The van der Waals surface area contributed by atoms with Crippen LogP contribution >= 0.6 is 11.6 Å². The lowest BCUT2D eigenvalue weighted by Gasteiger charge is -2.10. The van der Waals surface area contributed by atoms with Gasteiger partial charge in [-0.25, -0.2) is 9.67 Å². The molecule has 0 atom stereocenters. The maximum absolute atomic E-state index is 11.1. The molecular formula is C13H12ClN5O. The standard InChI is InChI=1S/C13H12ClN5O/c14-12-2-1-10(18-11-4-13(20)16-5-11)3-9(12)6-19-8-15-7-17-19/h1-4,7-8,18H,5-6H2,(H,16,20). The van der Waals surface area contributed by atoms with E-state index in [4.69, 9.17) is 11.6 Å². The number of carbonyl (C=O) groups excluding carboxylic acids is 1. The molecule has 1 aromatic carbocycles. The third-order valence-electron chi connectivity index (χ3n) is 2.91. The van der Waals surface area contributed by atoms with Crippen LogP contribution in [0.1, 0.15) is 5.56 Å². The molecule has 0 radical (unpaired) electrons. The molecule has 0 aliphatic carbocycles. The lowest BCUT2D eigenvalue weighted by molar-refractivity contribution is -0.115. The van der Waals surface area contributed by atoms with Gasteiger partial charge in [0.2, 0.25) is 5.91 Å². The lowest BCUT2D eigenvalue weighted by atomic mass is 10.2. The van der Waals surface area contributed by atoms with Crippen LogP contribution in [0.3, 0.4) is 0 Å². The van der Waals surface area contributed by atoms with Gasteiger partial charge in [0.1, 0.15) is 12.7 Å². The second-order valence-corrected chi connectivity index (χ2v) is 4.82. The summed E-state index contributed by atoms with van der Waals surface area (Å²) in [4.78, 5) is 15.0. The van der Waals surface area contributed by atoms with Crippen LogP contribution in [0.4, 0.5) is 5.69 Å². The van der Waals surface area contributed by atoms with E-state index in [-0.39, 0.29) is 5.91 Å². The Hall–Kier alpha value is -2.34. The third-order valence-corrected chi connectivity index (χ3v) is 3.28. The Labute approximate surface area is 120 Å². The van der Waals surface area contributed by atoms with Crippen LogP contribution in [-0.2, 0) is 11.3 Å². The Kier molecular flexibility index (Phi) is 3.39. The molecule has 2 heterocycles. The largest absolute Gasteiger partial charge is 0.357 e. The van der Waals surface area contributed by atoms with E-state index >= 15 is 0 Å². The Morgan fingerprint density at radius 3 is 3.05 bits per heavy atom. The number of amides is 1. The van der Waals surface area contributed by atoms with E-state index in [1.807, 2.05) is 18.2 Å². The number of hydrogen-bond donors (Lipinski definition) is 2. The summed E-state index contributed by atoms with van der Waals surface area (Å²) in [7, 11) is 0. The number of nitrogens with zero attached hydrogens (tertiary/aromatic N) is 3. The fraction of sp³-hybridized carbons (Fsp3) is 0.154. The van der Waals surface area contributed by atoms with Crippen molar-refractivity contribution in [3.63, 3.8) is 0 Å². The number of halogens is 1. The SMILES string of the molecule is O=C1C=C(Nc2ccc(Cl)c(Cn3cncn3)c2)CN1. The van der Waals surface area contributed by atoms with Crippen molar-refractivity contribution in [2.75, 3.05) is 11.9 Å². The second kappa shape index (κ2) is 5.34. The maximum Gasteiger partial charge on any atom is 0.246 e. The van der Waals surface area contributed by atoms with E-state index < -0.39 is 0 Å². The molecule has 1 aliphatic rings. The van der Waals surface area contributed by atoms with Gasteiger partial charge < -0.3 is 10.6 Å². The zero-order valence-corrected chi connectivity index (χ0v) is 11.3. The average molecular weight is 290 g/mol. The molecule has 2 N–H and O–H groups in total. The summed E-state index contributed by atoms with van der Waals surface area (Å²) in [5.74, 6) is -0.0793. The molecule has 1 aliphatic heterocycles. The summed E-state index contributed by atoms with van der Waals surface area (Å²) in [6.45, 7) is 1.06. The highest BCUT2D eigenvalue weighted by atomic mass is 35.5. The average Bonchev–Trinajstić information content (AvgIpc) is 3.06. The van der Waals surface area contributed by atoms with E-state index in [0.29, 0.717) is 18.1 Å². The first-order chi connectivity index (χ1) is 9.70. The van der Waals surface area contributed by atoms with Gasteiger partial charge >= 0.3 is 0 Å². The highest BCUT2D eigenvalue weighted by molar-refractivity contribution is 6.31. The van der Waals surface area contributed by atoms with E-state index in [9.17, 15) is 4.79 Å². The van der Waals surface area contributed by atoms with E-state index in [2.05, 4.69) is 20.7 Å². The van der Waals surface area contributed by atoms with Crippen LogP contribution in [0, 0.1) is 0 Å². The number of nitrogens with one attached hydrogen (secondary N) is 2. The molecule has 0 unspecified atom stereocenters. The number of rotatable bonds is 4. The summed E-state index contributed by atoms with van der Waals surface area (Å²) >= 11 is 6.18. The quantitative estimate of drug-likeness (QED) is 0.892. The minimum atomic E-state index is -0.0793. The molecule has 1 amide bonds. The Morgan fingerprint density at radius 2 is 2.35 bits per heavy atom. The molecule has 6 nitrogen and oxygen atoms in total. The number of benzene rings is 1. The molecule has 102 valence electrons. The van der Waals surface area contributed by atoms with Gasteiger partial charge in [-0.3, -0.25) is 4.79 Å². The van der Waals surface area contributed by atoms with Gasteiger partial charge in [-0.15, -0.1) is 0 Å². The van der Waals surface area contributed by atoms with Gasteiger partial charge in [-0.2, -0.15) is 5.10 Å². The molecule has 3 rings (SSSR count). The normalized spacial score (nSPS) is 14.1. The number of hydrogen-bond acceptors (Lipinski definition) is 4. The molecule has 1 aromatic heterocycles. The molecule has 0 fully saturated rings. The van der Waals surface area contributed by atoms with Crippen molar-refractivity contribution in [1.82, 2.24) is 20.1 Å². The van der Waals surface area contributed by atoms with Crippen LogP contribution in [-0.4, -0.2) is 27.2 Å². The summed E-state index contributed by atoms with van der Waals surface area (Å²) in [6.07, 6.45) is 4.67. The Morgan fingerprint density at radius 1 is 1.45 bits per heavy atom. The predicted octanol–water partition coefficient (Wildman–Crippen LogP) is 1.41. The second-order valence-electron chi connectivity index (χ2n) is 4.41. The zero-order valence-electron chi connectivity index (χ0n) is 10.5. The van der Waals surface area contributed by atoms with Gasteiger partial charge in [0.15, 0.2) is 0 Å². The van der Waals surface area contributed by atoms with Crippen molar-refractivity contribution >= 4 is 23.2 Å². The van der Waals surface area contributed by atoms with Crippen molar-refractivity contribution in [2.24, 2.45) is 0 Å².